The molecule has 1 aliphatic carbocycles. The van der Waals surface area contributed by atoms with Gasteiger partial charge in [0.15, 0.2) is 0 Å². The first-order valence-corrected chi connectivity index (χ1v) is 9.65. The van der Waals surface area contributed by atoms with Crippen molar-refractivity contribution < 1.29 is 9.90 Å². The van der Waals surface area contributed by atoms with Crippen molar-refractivity contribution in [3.05, 3.63) is 24.3 Å². The number of aromatic nitrogens is 2. The molecule has 25 heavy (non-hydrogen) atoms. The maximum Gasteiger partial charge on any atom is 0.234 e. The molecule has 2 fully saturated rings. The number of hydrogen-bond acceptors (Lipinski definition) is 5. The molecule has 2 N–H and O–H groups in total. The number of carbonyl (C=O) groups is 1. The highest BCUT2D eigenvalue weighted by Crippen LogP contribution is 2.21. The summed E-state index contributed by atoms with van der Waals surface area (Å²) in [4.78, 5) is 22.8. The third kappa shape index (κ3) is 5.75. The summed E-state index contributed by atoms with van der Waals surface area (Å²) in [5, 5.41) is 13.5. The van der Waals surface area contributed by atoms with Gasteiger partial charge in [0.25, 0.3) is 0 Å². The van der Waals surface area contributed by atoms with Crippen molar-refractivity contribution in [2.24, 2.45) is 5.92 Å². The Morgan fingerprint density at radius 1 is 1.16 bits per heavy atom. The SMILES string of the molecule is O=C(CN1C[C@@H](Cc2cnccn2)[C@H](O)C1)NC1CCCCCCC1. The van der Waals surface area contributed by atoms with Gasteiger partial charge in [0.1, 0.15) is 0 Å². The highest BCUT2D eigenvalue weighted by molar-refractivity contribution is 5.78. The van der Waals surface area contributed by atoms with Crippen LogP contribution in [0.2, 0.25) is 0 Å². The zero-order valence-corrected chi connectivity index (χ0v) is 14.9. The standard InChI is InChI=1S/C19H30N4O2/c24-18-13-23(12-15(18)10-17-11-20-8-9-21-17)14-19(25)22-16-6-4-2-1-3-5-7-16/h8-9,11,15-16,18,24H,1-7,10,12-14H2,(H,22,25)/t15-,18-/m1/s1. The van der Waals surface area contributed by atoms with Crippen molar-refractivity contribution in [1.29, 1.82) is 0 Å². The number of aliphatic hydroxyl groups excluding tert-OH is 1. The zero-order valence-electron chi connectivity index (χ0n) is 14.9. The van der Waals surface area contributed by atoms with E-state index in [9.17, 15) is 9.90 Å². The van der Waals surface area contributed by atoms with E-state index in [1.807, 2.05) is 0 Å². The largest absolute Gasteiger partial charge is 0.391 e. The summed E-state index contributed by atoms with van der Waals surface area (Å²) in [6.07, 6.45) is 13.9. The number of likely N-dealkylation sites (tertiary alicyclic amines) is 1. The fourth-order valence-corrected chi connectivity index (χ4v) is 4.05. The Morgan fingerprint density at radius 3 is 2.64 bits per heavy atom. The van der Waals surface area contributed by atoms with Crippen molar-refractivity contribution in [3.8, 4) is 0 Å². The molecular weight excluding hydrogens is 316 g/mol. The number of nitrogens with zero attached hydrogens (tertiary/aromatic N) is 3. The molecule has 3 rings (SSSR count). The van der Waals surface area contributed by atoms with Crippen LogP contribution in [0.15, 0.2) is 18.6 Å². The smallest absolute Gasteiger partial charge is 0.234 e. The third-order valence-corrected chi connectivity index (χ3v) is 5.41. The molecule has 1 aromatic heterocycles. The average Bonchev–Trinajstić information content (AvgIpc) is 2.90. The molecule has 0 unspecified atom stereocenters. The van der Waals surface area contributed by atoms with Crippen molar-refractivity contribution in [2.45, 2.75) is 63.5 Å². The number of rotatable bonds is 5. The van der Waals surface area contributed by atoms with Gasteiger partial charge in [-0.2, -0.15) is 0 Å². The van der Waals surface area contributed by atoms with Crippen LogP contribution < -0.4 is 5.32 Å². The van der Waals surface area contributed by atoms with Gasteiger partial charge in [0.05, 0.1) is 18.3 Å². The van der Waals surface area contributed by atoms with Gasteiger partial charge in [0, 0.05) is 43.6 Å². The second kappa shape index (κ2) is 9.25. The zero-order chi connectivity index (χ0) is 17.5. The quantitative estimate of drug-likeness (QED) is 0.846. The van der Waals surface area contributed by atoms with Crippen LogP contribution in [-0.2, 0) is 11.2 Å². The van der Waals surface area contributed by atoms with E-state index in [0.717, 1.165) is 25.1 Å². The number of amides is 1. The minimum absolute atomic E-state index is 0.0953. The second-order valence-corrected chi connectivity index (χ2v) is 7.53. The van der Waals surface area contributed by atoms with Gasteiger partial charge >= 0.3 is 0 Å². The molecule has 0 bridgehead atoms. The molecule has 1 saturated carbocycles. The fourth-order valence-electron chi connectivity index (χ4n) is 4.05. The molecule has 1 amide bonds. The molecule has 0 aromatic carbocycles. The summed E-state index contributed by atoms with van der Waals surface area (Å²) in [6, 6.07) is 0.329. The van der Waals surface area contributed by atoms with E-state index in [1.165, 1.54) is 32.1 Å². The maximum atomic E-state index is 12.4. The van der Waals surface area contributed by atoms with Gasteiger partial charge in [-0.15, -0.1) is 0 Å². The molecule has 2 atom stereocenters. The van der Waals surface area contributed by atoms with Gasteiger partial charge in [0.2, 0.25) is 5.91 Å². The number of β-amino-alcohol motifs (C(OH)–C–C–N with tert-alkyl or cyclic N) is 1. The number of nitrogens with one attached hydrogen (secondary N) is 1. The van der Waals surface area contributed by atoms with Crippen LogP contribution >= 0.6 is 0 Å². The van der Waals surface area contributed by atoms with E-state index in [0.29, 0.717) is 25.6 Å². The van der Waals surface area contributed by atoms with E-state index in [4.69, 9.17) is 0 Å². The Hall–Kier alpha value is -1.53. The number of carbonyl (C=O) groups excluding carboxylic acids is 1. The lowest BCUT2D eigenvalue weighted by molar-refractivity contribution is -0.122. The molecule has 1 aliphatic heterocycles. The molecule has 138 valence electrons. The van der Waals surface area contributed by atoms with Gasteiger partial charge in [-0.25, -0.2) is 0 Å². The molecule has 2 aliphatic rings. The minimum Gasteiger partial charge on any atom is -0.391 e. The highest BCUT2D eigenvalue weighted by atomic mass is 16.3. The monoisotopic (exact) mass is 346 g/mol. The van der Waals surface area contributed by atoms with E-state index in [1.54, 1.807) is 18.6 Å². The normalized spacial score (nSPS) is 26.1. The molecule has 0 radical (unpaired) electrons. The fraction of sp³-hybridized carbons (Fsp3) is 0.737. The number of hydrogen-bond donors (Lipinski definition) is 2. The van der Waals surface area contributed by atoms with Crippen LogP contribution in [0.25, 0.3) is 0 Å². The second-order valence-electron chi connectivity index (χ2n) is 7.53. The van der Waals surface area contributed by atoms with Gasteiger partial charge < -0.3 is 10.4 Å². The highest BCUT2D eigenvalue weighted by Gasteiger charge is 2.32. The van der Waals surface area contributed by atoms with Crippen molar-refractivity contribution in [2.75, 3.05) is 19.6 Å². The summed E-state index contributed by atoms with van der Waals surface area (Å²) in [7, 11) is 0. The first kappa shape index (κ1) is 18.3. The topological polar surface area (TPSA) is 78.4 Å². The van der Waals surface area contributed by atoms with Crippen molar-refractivity contribution >= 4 is 5.91 Å². The maximum absolute atomic E-state index is 12.4. The Morgan fingerprint density at radius 2 is 1.92 bits per heavy atom. The molecule has 1 aromatic rings. The van der Waals surface area contributed by atoms with Gasteiger partial charge in [-0.05, 0) is 19.3 Å². The molecular formula is C19H30N4O2. The Balaban J connectivity index is 1.44. The minimum atomic E-state index is -0.406. The van der Waals surface area contributed by atoms with Crippen LogP contribution in [0.5, 0.6) is 0 Å². The molecule has 0 spiro atoms. The Labute approximate surface area is 150 Å². The van der Waals surface area contributed by atoms with Crippen molar-refractivity contribution in [3.63, 3.8) is 0 Å². The van der Waals surface area contributed by atoms with E-state index in [2.05, 4.69) is 20.2 Å². The summed E-state index contributed by atoms with van der Waals surface area (Å²) in [6.45, 7) is 1.67. The molecule has 2 heterocycles. The lowest BCUT2D eigenvalue weighted by Gasteiger charge is -2.23. The first-order valence-electron chi connectivity index (χ1n) is 9.65. The average molecular weight is 346 g/mol. The predicted molar refractivity (Wildman–Crippen MR) is 95.9 cm³/mol. The van der Waals surface area contributed by atoms with Crippen LogP contribution in [0.3, 0.4) is 0 Å². The van der Waals surface area contributed by atoms with Crippen molar-refractivity contribution in [1.82, 2.24) is 20.2 Å². The van der Waals surface area contributed by atoms with E-state index < -0.39 is 6.10 Å². The lowest BCUT2D eigenvalue weighted by Crippen LogP contribution is -2.42. The summed E-state index contributed by atoms with van der Waals surface area (Å²) >= 11 is 0. The number of aliphatic hydroxyl groups is 1. The van der Waals surface area contributed by atoms with Gasteiger partial charge in [-0.1, -0.05) is 32.1 Å². The molecule has 1 saturated heterocycles. The third-order valence-electron chi connectivity index (χ3n) is 5.41. The summed E-state index contributed by atoms with van der Waals surface area (Å²) in [5.41, 5.74) is 0.896. The van der Waals surface area contributed by atoms with Crippen LogP contribution in [-0.4, -0.2) is 57.7 Å². The molecule has 6 heteroatoms. The van der Waals surface area contributed by atoms with Crippen LogP contribution in [0.1, 0.15) is 50.6 Å². The van der Waals surface area contributed by atoms with Gasteiger partial charge in [-0.3, -0.25) is 19.7 Å². The Kier molecular flexibility index (Phi) is 6.76. The lowest BCUT2D eigenvalue weighted by atomic mass is 9.97. The van der Waals surface area contributed by atoms with E-state index in [-0.39, 0.29) is 11.8 Å². The van der Waals surface area contributed by atoms with Crippen LogP contribution in [0, 0.1) is 5.92 Å². The predicted octanol–water partition coefficient (Wildman–Crippen LogP) is 1.54. The van der Waals surface area contributed by atoms with Crippen LogP contribution in [0.4, 0.5) is 0 Å². The Bertz CT molecular complexity index is 531. The van der Waals surface area contributed by atoms with E-state index >= 15 is 0 Å². The molecule has 6 nitrogen and oxygen atoms in total. The summed E-state index contributed by atoms with van der Waals surface area (Å²) < 4.78 is 0. The summed E-state index contributed by atoms with van der Waals surface area (Å²) in [5.74, 6) is 0.212. The first-order chi connectivity index (χ1) is 12.2.